The average molecular weight is 293 g/mol. The first-order valence-electron chi connectivity index (χ1n) is 5.84. The molecule has 1 unspecified atom stereocenters. The van der Waals surface area contributed by atoms with Gasteiger partial charge in [0.05, 0.1) is 17.4 Å². The molecule has 3 nitrogen and oxygen atoms in total. The summed E-state index contributed by atoms with van der Waals surface area (Å²) in [4.78, 5) is 3.80. The number of fused-ring (bicyclic) bond motifs is 1. The summed E-state index contributed by atoms with van der Waals surface area (Å²) in [6, 6.07) is 1.18. The number of rotatable bonds is 3. The van der Waals surface area contributed by atoms with Gasteiger partial charge in [-0.25, -0.2) is 13.8 Å². The summed E-state index contributed by atoms with van der Waals surface area (Å²) in [7, 11) is 1.52. The Morgan fingerprint density at radius 1 is 1.25 bits per heavy atom. The molecule has 1 atom stereocenters. The Kier molecular flexibility index (Phi) is 3.43. The molecule has 8 heteroatoms. The molecule has 0 fully saturated rings. The number of hydrogen-bond acceptors (Lipinski definition) is 2. The summed E-state index contributed by atoms with van der Waals surface area (Å²) in [5.41, 5.74) is -2.44. The van der Waals surface area contributed by atoms with Gasteiger partial charge >= 0.3 is 6.18 Å². The van der Waals surface area contributed by atoms with E-state index in [9.17, 15) is 22.0 Å². The second-order valence-corrected chi connectivity index (χ2v) is 4.79. The van der Waals surface area contributed by atoms with Crippen LogP contribution in [-0.4, -0.2) is 26.6 Å². The lowest BCUT2D eigenvalue weighted by molar-refractivity contribution is -0.225. The van der Waals surface area contributed by atoms with E-state index in [2.05, 4.69) is 10.1 Å². The largest absolute Gasteiger partial charge is 0.422 e. The number of hydrogen-bond donors (Lipinski definition) is 0. The van der Waals surface area contributed by atoms with Crippen molar-refractivity contribution in [2.45, 2.75) is 31.6 Å². The third-order valence-corrected chi connectivity index (χ3v) is 3.15. The first-order chi connectivity index (χ1) is 9.12. The maximum atomic E-state index is 13.5. The van der Waals surface area contributed by atoms with Crippen LogP contribution in [0.3, 0.4) is 0 Å². The zero-order valence-electron chi connectivity index (χ0n) is 10.8. The van der Waals surface area contributed by atoms with E-state index in [1.54, 1.807) is 0 Å². The number of alkyl halides is 4. The van der Waals surface area contributed by atoms with E-state index in [-0.39, 0.29) is 17.6 Å². The molecule has 0 aliphatic carbocycles. The summed E-state index contributed by atoms with van der Waals surface area (Å²) in [6.07, 6.45) is -4.98. The molecule has 2 aromatic rings. The predicted molar refractivity (Wildman–Crippen MR) is 62.4 cm³/mol. The first kappa shape index (κ1) is 14.7. The molecule has 2 aromatic heterocycles. The van der Waals surface area contributed by atoms with Crippen LogP contribution >= 0.6 is 0 Å². The quantitative estimate of drug-likeness (QED) is 0.813. The van der Waals surface area contributed by atoms with Crippen LogP contribution in [0, 0.1) is 5.82 Å². The van der Waals surface area contributed by atoms with Gasteiger partial charge in [0.15, 0.2) is 0 Å². The molecule has 0 N–H and O–H groups in total. The Labute approximate surface area is 111 Å². The van der Waals surface area contributed by atoms with E-state index in [1.807, 2.05) is 0 Å². The van der Waals surface area contributed by atoms with Crippen molar-refractivity contribution in [3.63, 3.8) is 0 Å². The van der Waals surface area contributed by atoms with Crippen LogP contribution in [0.2, 0.25) is 0 Å². The van der Waals surface area contributed by atoms with Crippen LogP contribution in [0.4, 0.5) is 22.0 Å². The minimum Gasteiger partial charge on any atom is -0.266 e. The Balaban J connectivity index is 2.27. The highest BCUT2D eigenvalue weighted by atomic mass is 19.4. The summed E-state index contributed by atoms with van der Waals surface area (Å²) in [6.45, 7) is 0.491. The van der Waals surface area contributed by atoms with Gasteiger partial charge in [-0.2, -0.15) is 18.3 Å². The zero-order chi connectivity index (χ0) is 15.1. The Morgan fingerprint density at radius 2 is 1.90 bits per heavy atom. The van der Waals surface area contributed by atoms with E-state index in [4.69, 9.17) is 0 Å². The lowest BCUT2D eigenvalue weighted by Gasteiger charge is -2.22. The predicted octanol–water partition coefficient (Wildman–Crippen LogP) is 3.33. The van der Waals surface area contributed by atoms with E-state index >= 15 is 0 Å². The van der Waals surface area contributed by atoms with Crippen molar-refractivity contribution in [3.05, 3.63) is 23.8 Å². The van der Waals surface area contributed by atoms with E-state index in [0.717, 1.165) is 6.20 Å². The number of nitrogens with zero attached hydrogens (tertiary/aromatic N) is 3. The molecule has 0 saturated heterocycles. The molecule has 2 heterocycles. The van der Waals surface area contributed by atoms with Crippen LogP contribution in [0.15, 0.2) is 12.3 Å². The molecule has 110 valence electrons. The summed E-state index contributed by atoms with van der Waals surface area (Å²) in [5.74, 6) is -0.572. The second-order valence-electron chi connectivity index (χ2n) is 4.79. The molecule has 0 saturated carbocycles. The van der Waals surface area contributed by atoms with Gasteiger partial charge in [-0.3, -0.25) is 4.68 Å². The van der Waals surface area contributed by atoms with Crippen LogP contribution in [-0.2, 0) is 13.5 Å². The molecule has 2 rings (SSSR count). The zero-order valence-corrected chi connectivity index (χ0v) is 10.8. The summed E-state index contributed by atoms with van der Waals surface area (Å²) < 4.78 is 65.2. The molecule has 0 radical (unpaired) electrons. The lowest BCUT2D eigenvalue weighted by Crippen LogP contribution is -2.38. The Hall–Kier alpha value is -1.73. The lowest BCUT2D eigenvalue weighted by atomic mass is 10.00. The van der Waals surface area contributed by atoms with Crippen molar-refractivity contribution < 1.29 is 22.0 Å². The number of halogens is 5. The third-order valence-electron chi connectivity index (χ3n) is 3.15. The average Bonchev–Trinajstić information content (AvgIpc) is 2.62. The molecule has 0 spiro atoms. The van der Waals surface area contributed by atoms with Crippen molar-refractivity contribution in [1.29, 1.82) is 0 Å². The van der Waals surface area contributed by atoms with Gasteiger partial charge in [-0.05, 0) is 19.8 Å². The van der Waals surface area contributed by atoms with Gasteiger partial charge in [0.1, 0.15) is 11.3 Å². The minimum absolute atomic E-state index is 0.218. The smallest absolute Gasteiger partial charge is 0.266 e. The molecular weight excluding hydrogens is 281 g/mol. The van der Waals surface area contributed by atoms with Crippen LogP contribution in [0.25, 0.3) is 11.0 Å². The highest BCUT2D eigenvalue weighted by Crippen LogP contribution is 2.37. The fourth-order valence-electron chi connectivity index (χ4n) is 1.84. The van der Waals surface area contributed by atoms with Crippen molar-refractivity contribution >= 4 is 11.0 Å². The Morgan fingerprint density at radius 3 is 2.50 bits per heavy atom. The standard InChI is InChI=1S/C12H12F5N3/c1-11(14,12(15,16)17)4-3-8-10-9(20(2)19-8)5-7(13)6-18-10/h5-6H,3-4H2,1-2H3. The van der Waals surface area contributed by atoms with Gasteiger partial charge in [0.2, 0.25) is 5.67 Å². The Bertz CT molecular complexity index is 630. The highest BCUT2D eigenvalue weighted by molar-refractivity contribution is 5.77. The topological polar surface area (TPSA) is 30.7 Å². The SMILES string of the molecule is Cn1nc(CCC(C)(F)C(F)(F)F)c2ncc(F)cc21. The van der Waals surface area contributed by atoms with Crippen LogP contribution in [0.1, 0.15) is 19.0 Å². The van der Waals surface area contributed by atoms with Crippen molar-refractivity contribution in [2.75, 3.05) is 0 Å². The maximum absolute atomic E-state index is 13.5. The van der Waals surface area contributed by atoms with Crippen molar-refractivity contribution in [3.8, 4) is 0 Å². The van der Waals surface area contributed by atoms with Crippen LogP contribution in [0.5, 0.6) is 0 Å². The molecule has 0 bridgehead atoms. The van der Waals surface area contributed by atoms with Gasteiger partial charge in [0, 0.05) is 13.1 Å². The first-order valence-corrected chi connectivity index (χ1v) is 5.84. The van der Waals surface area contributed by atoms with Gasteiger partial charge in [-0.1, -0.05) is 0 Å². The fourth-order valence-corrected chi connectivity index (χ4v) is 1.84. The van der Waals surface area contributed by atoms with E-state index < -0.39 is 24.1 Å². The van der Waals surface area contributed by atoms with E-state index in [0.29, 0.717) is 12.4 Å². The molecule has 0 aliphatic rings. The maximum Gasteiger partial charge on any atom is 0.422 e. The van der Waals surface area contributed by atoms with Gasteiger partial charge in [-0.15, -0.1) is 0 Å². The monoisotopic (exact) mass is 293 g/mol. The summed E-state index contributed by atoms with van der Waals surface area (Å²) in [5, 5.41) is 3.97. The van der Waals surface area contributed by atoms with Crippen LogP contribution < -0.4 is 0 Å². The molecule has 0 aromatic carbocycles. The van der Waals surface area contributed by atoms with Crippen molar-refractivity contribution in [1.82, 2.24) is 14.8 Å². The fraction of sp³-hybridized carbons (Fsp3) is 0.500. The molecular formula is C12H12F5N3. The third kappa shape index (κ3) is 2.59. The molecule has 0 aliphatic heterocycles. The van der Waals surface area contributed by atoms with Gasteiger partial charge in [0.25, 0.3) is 0 Å². The number of aromatic nitrogens is 3. The molecule has 20 heavy (non-hydrogen) atoms. The number of pyridine rings is 1. The second kappa shape index (κ2) is 4.68. The summed E-state index contributed by atoms with van der Waals surface area (Å²) >= 11 is 0. The molecule has 0 amide bonds. The normalized spacial score (nSPS) is 15.6. The minimum atomic E-state index is -4.93. The van der Waals surface area contributed by atoms with E-state index in [1.165, 1.54) is 17.8 Å². The highest BCUT2D eigenvalue weighted by Gasteiger charge is 2.51. The number of aryl methyl sites for hydroxylation is 2. The van der Waals surface area contributed by atoms with Crippen molar-refractivity contribution in [2.24, 2.45) is 7.05 Å². The van der Waals surface area contributed by atoms with Gasteiger partial charge < -0.3 is 0 Å².